The predicted octanol–water partition coefficient (Wildman–Crippen LogP) is 1.17. The van der Waals surface area contributed by atoms with Gasteiger partial charge in [0.05, 0.1) is 5.69 Å². The Morgan fingerprint density at radius 2 is 2.80 bits per heavy atom. The quantitative estimate of drug-likeness (QED) is 0.475. The van der Waals surface area contributed by atoms with Crippen LogP contribution in [0.1, 0.15) is 7.06 Å². The van der Waals surface area contributed by atoms with Crippen LogP contribution in [0.4, 0.5) is 0 Å². The van der Waals surface area contributed by atoms with Gasteiger partial charge >= 0.3 is 6.45 Å². The van der Waals surface area contributed by atoms with Crippen molar-refractivity contribution in [3.05, 3.63) is 15.0 Å². The zero-order valence-electron chi connectivity index (χ0n) is 6.16. The summed E-state index contributed by atoms with van der Waals surface area (Å²) in [7, 11) is 0. The van der Waals surface area contributed by atoms with Crippen LogP contribution in [0, 0.1) is 10.9 Å². The highest BCUT2D eigenvalue weighted by molar-refractivity contribution is 7.73. The van der Waals surface area contributed by atoms with E-state index in [2.05, 4.69) is 4.84 Å². The summed E-state index contributed by atoms with van der Waals surface area (Å²) in [5.41, 5.74) is 0.723. The van der Waals surface area contributed by atoms with Crippen LogP contribution in [0.25, 0.3) is 0 Å². The maximum Gasteiger partial charge on any atom is 0.321 e. The molecule has 0 aromatic carbocycles. The molecule has 10 heavy (non-hydrogen) atoms. The molecule has 54 valence electrons. The minimum atomic E-state index is -1.11. The molecule has 0 saturated carbocycles. The molecule has 0 fully saturated rings. The molecule has 0 unspecified atom stereocenters. The van der Waals surface area contributed by atoms with E-state index in [0.29, 0.717) is 3.95 Å². The molecule has 0 saturated heterocycles. The van der Waals surface area contributed by atoms with E-state index in [1.807, 2.05) is 0 Å². The van der Waals surface area contributed by atoms with E-state index in [1.54, 1.807) is 12.3 Å². The Balaban J connectivity index is 3.01. The molecule has 0 aliphatic rings. The average Bonchev–Trinajstić information content (AvgIpc) is 2.18. The highest BCUT2D eigenvalue weighted by Crippen LogP contribution is 2.06. The molecule has 0 aliphatic carbocycles. The fourth-order valence-electron chi connectivity index (χ4n) is 0.522. The van der Waals surface area contributed by atoms with Crippen molar-refractivity contribution in [1.82, 2.24) is 4.73 Å². The third kappa shape index (κ3) is 1.25. The van der Waals surface area contributed by atoms with Crippen LogP contribution in [0.3, 0.4) is 0 Å². The zero-order valence-corrected chi connectivity index (χ0v) is 6.79. The Bertz CT molecular complexity index is 329. The first kappa shape index (κ1) is 6.06. The SMILES string of the molecule is [2H]C(=O)On1c(C)csc1=S. The number of rotatable bonds is 1. The van der Waals surface area contributed by atoms with Gasteiger partial charge in [-0.3, -0.25) is 4.79 Å². The molecular weight excluding hydrogens is 170 g/mol. The van der Waals surface area contributed by atoms with Crippen molar-refractivity contribution in [2.75, 3.05) is 0 Å². The van der Waals surface area contributed by atoms with Gasteiger partial charge in [-0.2, -0.15) is 4.73 Å². The highest BCUT2D eigenvalue weighted by Gasteiger charge is 1.97. The third-order valence-electron chi connectivity index (χ3n) is 0.945. The van der Waals surface area contributed by atoms with Gasteiger partial charge in [-0.15, -0.1) is 11.3 Å². The molecule has 0 amide bonds. The summed E-state index contributed by atoms with van der Waals surface area (Å²) in [5, 5.41) is 1.76. The van der Waals surface area contributed by atoms with E-state index in [-0.39, 0.29) is 0 Å². The Morgan fingerprint density at radius 1 is 2.10 bits per heavy atom. The number of hydrogen-bond acceptors (Lipinski definition) is 4. The Labute approximate surface area is 68.2 Å². The number of carbonyl (C=O) groups excluding carboxylic acids is 1. The van der Waals surface area contributed by atoms with E-state index in [1.165, 1.54) is 11.3 Å². The Kier molecular flexibility index (Phi) is 1.78. The molecular formula is C5H5NO2S2. The second-order valence-corrected chi connectivity index (χ2v) is 3.12. The number of thiazole rings is 1. The lowest BCUT2D eigenvalue weighted by Crippen LogP contribution is -2.09. The zero-order chi connectivity index (χ0) is 8.43. The van der Waals surface area contributed by atoms with Gasteiger partial charge in [-0.1, -0.05) is 0 Å². The van der Waals surface area contributed by atoms with Crippen LogP contribution in [0.5, 0.6) is 0 Å². The summed E-state index contributed by atoms with van der Waals surface area (Å²) in [6.07, 6.45) is -1.11. The van der Waals surface area contributed by atoms with Gasteiger partial charge in [-0.25, -0.2) is 0 Å². The molecule has 1 rings (SSSR count). The minimum Gasteiger partial charge on any atom is -0.338 e. The molecule has 0 atom stereocenters. The molecule has 5 heteroatoms. The molecule has 1 heterocycles. The van der Waals surface area contributed by atoms with Crippen LogP contribution in [0.2, 0.25) is 0 Å². The normalized spacial score (nSPS) is 10.7. The van der Waals surface area contributed by atoms with Crippen molar-refractivity contribution in [1.29, 1.82) is 0 Å². The number of nitrogens with zero attached hydrogens (tertiary/aromatic N) is 1. The first-order valence-corrected chi connectivity index (χ1v) is 3.76. The fraction of sp³-hybridized carbons (Fsp3) is 0.200. The summed E-state index contributed by atoms with van der Waals surface area (Å²) < 4.78 is 8.12. The van der Waals surface area contributed by atoms with Crippen LogP contribution >= 0.6 is 23.6 Å². The molecule has 0 spiro atoms. The standard InChI is InChI=1S/C5H5NO2S2/c1-4-2-10-5(9)6(4)8-3-7/h2-3H,1H3/i3D. The second-order valence-electron chi connectivity index (χ2n) is 1.61. The van der Waals surface area contributed by atoms with Crippen LogP contribution in [0.15, 0.2) is 5.38 Å². The molecule has 1 aromatic rings. The van der Waals surface area contributed by atoms with Gasteiger partial charge < -0.3 is 4.84 Å². The molecule has 0 N–H and O–H groups in total. The van der Waals surface area contributed by atoms with Gasteiger partial charge in [0, 0.05) is 5.38 Å². The Morgan fingerprint density at radius 3 is 3.20 bits per heavy atom. The third-order valence-corrected chi connectivity index (χ3v) is 2.23. The summed E-state index contributed by atoms with van der Waals surface area (Å²) in [6.45, 7) is 1.75. The molecule has 0 aliphatic heterocycles. The number of hydrogen-bond donors (Lipinski definition) is 0. The molecule has 3 nitrogen and oxygen atoms in total. The van der Waals surface area contributed by atoms with E-state index in [9.17, 15) is 4.79 Å². The van der Waals surface area contributed by atoms with Crippen molar-refractivity contribution >= 4 is 30.0 Å². The van der Waals surface area contributed by atoms with Crippen LogP contribution < -0.4 is 4.84 Å². The van der Waals surface area contributed by atoms with E-state index < -0.39 is 6.45 Å². The number of carbonyl (C=O) groups is 1. The molecule has 1 aromatic heterocycles. The van der Waals surface area contributed by atoms with E-state index in [0.717, 1.165) is 10.4 Å². The van der Waals surface area contributed by atoms with Crippen LogP contribution in [-0.4, -0.2) is 11.2 Å². The minimum absolute atomic E-state index is 0.433. The number of aryl methyl sites for hydroxylation is 1. The number of aromatic nitrogens is 1. The second kappa shape index (κ2) is 2.94. The van der Waals surface area contributed by atoms with Gasteiger partial charge in [0.25, 0.3) is 0 Å². The highest BCUT2D eigenvalue weighted by atomic mass is 32.1. The smallest absolute Gasteiger partial charge is 0.321 e. The van der Waals surface area contributed by atoms with E-state index in [4.69, 9.17) is 13.6 Å². The summed E-state index contributed by atoms with van der Waals surface area (Å²) in [4.78, 5) is 14.7. The Hall–Kier alpha value is -0.680. The lowest BCUT2D eigenvalue weighted by Gasteiger charge is -1.97. The van der Waals surface area contributed by atoms with Crippen molar-refractivity contribution in [3.8, 4) is 0 Å². The predicted molar refractivity (Wildman–Crippen MR) is 40.5 cm³/mol. The lowest BCUT2D eigenvalue weighted by atomic mass is 10.6. The fourth-order valence-corrected chi connectivity index (χ4v) is 1.49. The van der Waals surface area contributed by atoms with Gasteiger partial charge in [-0.05, 0) is 19.1 Å². The maximum absolute atomic E-state index is 10.2. The van der Waals surface area contributed by atoms with Crippen molar-refractivity contribution in [2.24, 2.45) is 0 Å². The monoisotopic (exact) mass is 176 g/mol. The lowest BCUT2D eigenvalue weighted by molar-refractivity contribution is -0.129. The maximum atomic E-state index is 10.2. The first-order valence-electron chi connectivity index (χ1n) is 2.97. The van der Waals surface area contributed by atoms with Gasteiger partial charge in [0.1, 0.15) is 0 Å². The summed E-state index contributed by atoms with van der Waals surface area (Å²) in [6, 6.07) is 0. The molecule has 0 bridgehead atoms. The van der Waals surface area contributed by atoms with Gasteiger partial charge in [0.2, 0.25) is 0 Å². The van der Waals surface area contributed by atoms with E-state index >= 15 is 0 Å². The van der Waals surface area contributed by atoms with Crippen molar-refractivity contribution in [2.45, 2.75) is 6.92 Å². The molecule has 0 radical (unpaired) electrons. The summed E-state index contributed by atoms with van der Waals surface area (Å²) in [5.74, 6) is 0. The average molecular weight is 176 g/mol. The largest absolute Gasteiger partial charge is 0.338 e. The van der Waals surface area contributed by atoms with Crippen molar-refractivity contribution in [3.63, 3.8) is 0 Å². The van der Waals surface area contributed by atoms with Crippen LogP contribution in [-0.2, 0) is 4.79 Å². The van der Waals surface area contributed by atoms with Gasteiger partial charge in [0.15, 0.2) is 5.33 Å². The first-order chi connectivity index (χ1) is 5.11. The summed E-state index contributed by atoms with van der Waals surface area (Å²) >= 11 is 6.10. The topological polar surface area (TPSA) is 31.2 Å². The van der Waals surface area contributed by atoms with Crippen molar-refractivity contribution < 1.29 is 11.0 Å².